The Labute approximate surface area is 135 Å². The molecule has 0 amide bonds. The molecule has 0 spiro atoms. The average molecular weight is 330 g/mol. The number of nitrogens with one attached hydrogen (secondary N) is 1. The predicted molar refractivity (Wildman–Crippen MR) is 83.4 cm³/mol. The topological polar surface area (TPSA) is 33.1 Å². The second kappa shape index (κ2) is 6.71. The zero-order valence-electron chi connectivity index (χ0n) is 13.5. The lowest BCUT2D eigenvalue weighted by Gasteiger charge is -2.38. The van der Waals surface area contributed by atoms with Crippen LogP contribution < -0.4 is 10.2 Å². The molecule has 1 aliphatic carbocycles. The normalized spacial score (nSPS) is 29.7. The van der Waals surface area contributed by atoms with Gasteiger partial charge in [-0.05, 0) is 32.1 Å². The van der Waals surface area contributed by atoms with Gasteiger partial charge in [0.25, 0.3) is 0 Å². The van der Waals surface area contributed by atoms with Crippen molar-refractivity contribution in [1.82, 2.24) is 15.1 Å². The van der Waals surface area contributed by atoms with E-state index in [0.29, 0.717) is 6.42 Å². The van der Waals surface area contributed by atoms with E-state index in [4.69, 9.17) is 0 Å². The fourth-order valence-electron chi connectivity index (χ4n) is 3.89. The molecule has 1 aromatic heterocycles. The summed E-state index contributed by atoms with van der Waals surface area (Å²) >= 11 is 0. The van der Waals surface area contributed by atoms with Crippen LogP contribution in [0.5, 0.6) is 0 Å². The number of halogens is 3. The average Bonchev–Trinajstić information content (AvgIpc) is 2.94. The number of hydrogen-bond donors (Lipinski definition) is 1. The molecule has 0 bridgehead atoms. The van der Waals surface area contributed by atoms with Crippen molar-refractivity contribution in [1.29, 1.82) is 0 Å². The molecule has 0 aromatic carbocycles. The van der Waals surface area contributed by atoms with E-state index < -0.39 is 12.1 Å². The standard InChI is InChI=1S/C16H25F3N4/c1-22-11-15(9-20-22)23-7-3-6-14(10-23)21-13-5-2-4-12(8-13)16(17,18)19/h9,11-14,21H,2-8,10H2,1H3/t12-,13+,14+/m1/s1. The summed E-state index contributed by atoms with van der Waals surface area (Å²) in [7, 11) is 1.89. The van der Waals surface area contributed by atoms with Crippen LogP contribution in [0.15, 0.2) is 12.4 Å². The molecule has 4 nitrogen and oxygen atoms in total. The minimum atomic E-state index is -4.05. The van der Waals surface area contributed by atoms with Crippen molar-refractivity contribution < 1.29 is 13.2 Å². The minimum Gasteiger partial charge on any atom is -0.367 e. The highest BCUT2D eigenvalue weighted by Crippen LogP contribution is 2.37. The van der Waals surface area contributed by atoms with E-state index >= 15 is 0 Å². The van der Waals surface area contributed by atoms with Crippen molar-refractivity contribution in [3.8, 4) is 0 Å². The molecular formula is C16H25F3N4. The summed E-state index contributed by atoms with van der Waals surface area (Å²) in [4.78, 5) is 2.28. The highest BCUT2D eigenvalue weighted by atomic mass is 19.4. The Hall–Kier alpha value is -1.24. The summed E-state index contributed by atoms with van der Waals surface area (Å²) in [6.07, 6.45) is 3.92. The Balaban J connectivity index is 1.55. The Morgan fingerprint density at radius 1 is 1.17 bits per heavy atom. The molecule has 1 saturated carbocycles. The van der Waals surface area contributed by atoms with Gasteiger partial charge in [0.1, 0.15) is 0 Å². The Kier molecular flexibility index (Phi) is 4.85. The first-order valence-electron chi connectivity index (χ1n) is 8.48. The highest BCUT2D eigenvalue weighted by molar-refractivity contribution is 5.43. The maximum atomic E-state index is 12.9. The van der Waals surface area contributed by atoms with Gasteiger partial charge in [-0.3, -0.25) is 4.68 Å². The van der Waals surface area contributed by atoms with Crippen LogP contribution in [0.1, 0.15) is 38.5 Å². The zero-order valence-corrected chi connectivity index (χ0v) is 13.5. The van der Waals surface area contributed by atoms with Gasteiger partial charge in [0.15, 0.2) is 0 Å². The van der Waals surface area contributed by atoms with Crippen molar-refractivity contribution in [2.24, 2.45) is 13.0 Å². The van der Waals surface area contributed by atoms with Crippen molar-refractivity contribution in [2.45, 2.75) is 56.8 Å². The van der Waals surface area contributed by atoms with Crippen molar-refractivity contribution in [3.05, 3.63) is 12.4 Å². The highest BCUT2D eigenvalue weighted by Gasteiger charge is 2.42. The number of nitrogens with zero attached hydrogens (tertiary/aromatic N) is 3. The lowest BCUT2D eigenvalue weighted by molar-refractivity contribution is -0.183. The molecule has 1 aromatic rings. The minimum absolute atomic E-state index is 0.00535. The first-order chi connectivity index (χ1) is 10.9. The maximum Gasteiger partial charge on any atom is 0.391 e. The van der Waals surface area contributed by atoms with Crippen molar-refractivity contribution in [3.63, 3.8) is 0 Å². The smallest absolute Gasteiger partial charge is 0.367 e. The summed E-state index contributed by atoms with van der Waals surface area (Å²) in [5, 5.41) is 7.70. The lowest BCUT2D eigenvalue weighted by Crippen LogP contribution is -2.51. The number of aromatic nitrogens is 2. The second-order valence-corrected chi connectivity index (χ2v) is 6.93. The van der Waals surface area contributed by atoms with Gasteiger partial charge in [-0.15, -0.1) is 0 Å². The van der Waals surface area contributed by atoms with Crippen LogP contribution in [-0.2, 0) is 7.05 Å². The van der Waals surface area contributed by atoms with Gasteiger partial charge in [-0.25, -0.2) is 0 Å². The Morgan fingerprint density at radius 3 is 2.65 bits per heavy atom. The Bertz CT molecular complexity index is 514. The zero-order chi connectivity index (χ0) is 16.4. The summed E-state index contributed by atoms with van der Waals surface area (Å²) in [6, 6.07) is 0.259. The summed E-state index contributed by atoms with van der Waals surface area (Å²) < 4.78 is 40.6. The molecule has 130 valence electrons. The van der Waals surface area contributed by atoms with Gasteiger partial charge in [0.2, 0.25) is 0 Å². The molecule has 3 rings (SSSR count). The molecule has 1 aliphatic heterocycles. The van der Waals surface area contributed by atoms with E-state index in [1.54, 1.807) is 4.68 Å². The molecule has 2 fully saturated rings. The van der Waals surface area contributed by atoms with Gasteiger partial charge >= 0.3 is 6.18 Å². The maximum absolute atomic E-state index is 12.9. The fraction of sp³-hybridized carbons (Fsp3) is 0.812. The third-order valence-corrected chi connectivity index (χ3v) is 5.09. The number of aryl methyl sites for hydroxylation is 1. The van der Waals surface area contributed by atoms with Crippen LogP contribution in [0.2, 0.25) is 0 Å². The van der Waals surface area contributed by atoms with E-state index in [1.165, 1.54) is 0 Å². The summed E-state index contributed by atoms with van der Waals surface area (Å²) in [6.45, 7) is 1.83. The summed E-state index contributed by atoms with van der Waals surface area (Å²) in [5.41, 5.74) is 1.09. The first kappa shape index (κ1) is 16.6. The van der Waals surface area contributed by atoms with Gasteiger partial charge in [-0.2, -0.15) is 18.3 Å². The number of rotatable bonds is 3. The molecule has 7 heteroatoms. The third-order valence-electron chi connectivity index (χ3n) is 5.09. The monoisotopic (exact) mass is 330 g/mol. The third kappa shape index (κ3) is 4.19. The van der Waals surface area contributed by atoms with Gasteiger partial charge in [-0.1, -0.05) is 6.42 Å². The molecule has 0 radical (unpaired) electrons. The first-order valence-corrected chi connectivity index (χ1v) is 8.48. The van der Waals surface area contributed by atoms with Crippen LogP contribution in [0.3, 0.4) is 0 Å². The van der Waals surface area contributed by atoms with Crippen LogP contribution >= 0.6 is 0 Å². The Morgan fingerprint density at radius 2 is 1.96 bits per heavy atom. The number of hydrogen-bond acceptors (Lipinski definition) is 3. The molecular weight excluding hydrogens is 305 g/mol. The quantitative estimate of drug-likeness (QED) is 0.924. The molecule has 2 heterocycles. The van der Waals surface area contributed by atoms with E-state index in [-0.39, 0.29) is 24.9 Å². The lowest BCUT2D eigenvalue weighted by atomic mass is 9.84. The van der Waals surface area contributed by atoms with Gasteiger partial charge in [0.05, 0.1) is 17.8 Å². The summed E-state index contributed by atoms with van der Waals surface area (Å²) in [5.74, 6) is -1.13. The number of anilines is 1. The van der Waals surface area contributed by atoms with E-state index in [9.17, 15) is 13.2 Å². The predicted octanol–water partition coefficient (Wildman–Crippen LogP) is 3.10. The van der Waals surface area contributed by atoms with E-state index in [0.717, 1.165) is 38.0 Å². The van der Waals surface area contributed by atoms with Gasteiger partial charge < -0.3 is 10.2 Å². The van der Waals surface area contributed by atoms with Crippen LogP contribution in [-0.4, -0.2) is 41.1 Å². The molecule has 23 heavy (non-hydrogen) atoms. The molecule has 0 unspecified atom stereocenters. The van der Waals surface area contributed by atoms with Gasteiger partial charge in [0, 0.05) is 38.4 Å². The molecule has 1 N–H and O–H groups in total. The van der Waals surface area contributed by atoms with Crippen LogP contribution in [0, 0.1) is 5.92 Å². The molecule has 1 saturated heterocycles. The van der Waals surface area contributed by atoms with Crippen molar-refractivity contribution >= 4 is 5.69 Å². The van der Waals surface area contributed by atoms with E-state index in [1.807, 2.05) is 19.4 Å². The molecule has 3 atom stereocenters. The largest absolute Gasteiger partial charge is 0.391 e. The van der Waals surface area contributed by atoms with Crippen molar-refractivity contribution in [2.75, 3.05) is 18.0 Å². The van der Waals surface area contributed by atoms with E-state index in [2.05, 4.69) is 15.3 Å². The fourth-order valence-corrected chi connectivity index (χ4v) is 3.89. The SMILES string of the molecule is Cn1cc(N2CCC[C@H](N[C@H]3CCC[C@@H](C(F)(F)F)C3)C2)cn1. The molecule has 2 aliphatic rings. The number of alkyl halides is 3. The van der Waals surface area contributed by atoms with Crippen LogP contribution in [0.25, 0.3) is 0 Å². The second-order valence-electron chi connectivity index (χ2n) is 6.93. The number of piperidine rings is 1. The van der Waals surface area contributed by atoms with Crippen LogP contribution in [0.4, 0.5) is 18.9 Å².